The van der Waals surface area contributed by atoms with Crippen LogP contribution in [0.2, 0.25) is 0 Å². The first kappa shape index (κ1) is 29.5. The van der Waals surface area contributed by atoms with Crippen LogP contribution in [-0.2, 0) is 5.97 Å². The number of rotatable bonds is 10. The molecule has 210 valence electrons. The minimum absolute atomic E-state index is 0.803. The van der Waals surface area contributed by atoms with E-state index in [1.54, 1.807) is 0 Å². The molecule has 0 aliphatic rings. The molecule has 0 aliphatic carbocycles. The Labute approximate surface area is 249 Å². The number of hydrogen-bond donors (Lipinski definition) is 0. The summed E-state index contributed by atoms with van der Waals surface area (Å²) >= 11 is -5.85. The molecule has 0 unspecified atom stereocenters. The number of benzene rings is 5. The average Bonchev–Trinajstić information content (AvgIpc) is 3.03. The predicted octanol–water partition coefficient (Wildman–Crippen LogP) is 9.10. The van der Waals surface area contributed by atoms with Crippen molar-refractivity contribution in [2.24, 2.45) is 0 Å². The van der Waals surface area contributed by atoms with Gasteiger partial charge in [-0.2, -0.15) is 0 Å². The van der Waals surface area contributed by atoms with Crippen LogP contribution in [-0.4, -0.2) is 7.32 Å². The molecule has 0 aliphatic heterocycles. The van der Waals surface area contributed by atoms with Gasteiger partial charge in [0.25, 0.3) is 0 Å². The van der Waals surface area contributed by atoms with Crippen molar-refractivity contribution in [2.45, 2.75) is 0 Å². The Morgan fingerprint density at radius 1 is 0.390 bits per heavy atom. The third-order valence-electron chi connectivity index (χ3n) is 5.43. The van der Waals surface area contributed by atoms with E-state index in [2.05, 4.69) is 0 Å². The van der Waals surface area contributed by atoms with Gasteiger partial charge in [-0.25, -0.2) is 0 Å². The summed E-state index contributed by atoms with van der Waals surface area (Å²) in [7, 11) is -1.81. The second-order valence-corrected chi connectivity index (χ2v) is 17.0. The summed E-state index contributed by atoms with van der Waals surface area (Å²) in [5.74, 6) is -12.2. The first-order valence-electron chi connectivity index (χ1n) is 12.1. The van der Waals surface area contributed by atoms with Gasteiger partial charge < -0.3 is 0 Å². The van der Waals surface area contributed by atoms with Crippen LogP contribution in [0.15, 0.2) is 121 Å². The molecule has 41 heavy (non-hydrogen) atoms. The van der Waals surface area contributed by atoms with E-state index >= 15 is 0 Å². The number of hydrogen-bond acceptors (Lipinski definition) is 3. The second-order valence-electron chi connectivity index (χ2n) is 8.16. The topological polar surface area (TPSA) is 27.7 Å². The molecule has 5 aromatic carbocycles. The molecular weight excluding hydrogens is 768 g/mol. The van der Waals surface area contributed by atoms with Crippen molar-refractivity contribution in [3.63, 3.8) is 0 Å². The summed E-state index contributed by atoms with van der Waals surface area (Å²) < 4.78 is 93.2. The Hall–Kier alpha value is -3.01. The Bertz CT molecular complexity index is 1390. The Kier molecular flexibility index (Phi) is 9.90. The van der Waals surface area contributed by atoms with Gasteiger partial charge in [0.1, 0.15) is 0 Å². The summed E-state index contributed by atoms with van der Waals surface area (Å²) in [6.07, 6.45) is 0. The molecular formula is C30H20BF5I2O3. The van der Waals surface area contributed by atoms with Crippen LogP contribution in [0.3, 0.4) is 0 Å². The van der Waals surface area contributed by atoms with Crippen molar-refractivity contribution in [1.29, 1.82) is 0 Å². The third kappa shape index (κ3) is 6.91. The molecule has 0 spiro atoms. The molecule has 0 amide bonds. The van der Waals surface area contributed by atoms with Crippen molar-refractivity contribution < 1.29 is 32.6 Å². The zero-order valence-electron chi connectivity index (χ0n) is 21.0. The van der Waals surface area contributed by atoms with E-state index < -0.39 is 82.6 Å². The molecule has 0 saturated heterocycles. The monoisotopic (exact) mass is 788 g/mol. The van der Waals surface area contributed by atoms with Crippen molar-refractivity contribution >= 4 is 47.8 Å². The van der Waals surface area contributed by atoms with E-state index in [1.807, 2.05) is 121 Å². The zero-order chi connectivity index (χ0) is 28.8. The first-order valence-corrected chi connectivity index (χ1v) is 18.1. The molecule has 0 atom stereocenters. The molecule has 0 heterocycles. The average molecular weight is 788 g/mol. The molecule has 0 aromatic heterocycles. The van der Waals surface area contributed by atoms with Gasteiger partial charge in [0.2, 0.25) is 0 Å². The van der Waals surface area contributed by atoms with E-state index in [0.717, 1.165) is 14.3 Å². The van der Waals surface area contributed by atoms with Gasteiger partial charge in [0, 0.05) is 0 Å². The van der Waals surface area contributed by atoms with Crippen molar-refractivity contribution in [3.05, 3.63) is 165 Å². The van der Waals surface area contributed by atoms with E-state index in [4.69, 9.17) is 10.6 Å². The van der Waals surface area contributed by atoms with E-state index in [1.165, 1.54) is 0 Å². The number of halogens is 7. The van der Waals surface area contributed by atoms with Gasteiger partial charge in [-0.05, 0) is 0 Å². The van der Waals surface area contributed by atoms with Crippen LogP contribution < -0.4 is 4.65 Å². The van der Waals surface area contributed by atoms with Crippen LogP contribution in [0.5, 0.6) is 5.75 Å². The van der Waals surface area contributed by atoms with Crippen molar-refractivity contribution in [1.82, 2.24) is 0 Å². The SMILES string of the molecule is Fc1c(F)c(F)c(OB(OI(c2ccccc2)c2ccccc2)OI(c2ccccc2)c2ccccc2)c(F)c1F. The fraction of sp³-hybridized carbons (Fsp3) is 0. The standard InChI is InChI=1S/C30H20BF5I2O3/c32-25-26(33)28(35)30(29(36)27(25)34)39-31(40-37(21-13-5-1-6-14-21)22-15-7-2-8-16-22)41-38(23-17-9-3-10-18-23)24-19-11-4-12-20-24/h1-20H. The quantitative estimate of drug-likeness (QED) is 0.0465. The van der Waals surface area contributed by atoms with Crippen molar-refractivity contribution in [3.8, 4) is 5.75 Å². The summed E-state index contributed by atoms with van der Waals surface area (Å²) in [6, 6.07) is 36.6. The van der Waals surface area contributed by atoms with Crippen LogP contribution in [0, 0.1) is 43.4 Å². The predicted molar refractivity (Wildman–Crippen MR) is 163 cm³/mol. The van der Waals surface area contributed by atoms with E-state index in [-0.39, 0.29) is 0 Å². The minimum atomic E-state index is -2.93. The maximum atomic E-state index is 14.8. The Morgan fingerprint density at radius 3 is 0.951 bits per heavy atom. The molecule has 0 saturated carbocycles. The van der Waals surface area contributed by atoms with Gasteiger partial charge in [-0.3, -0.25) is 0 Å². The fourth-order valence-electron chi connectivity index (χ4n) is 3.55. The summed E-state index contributed by atoms with van der Waals surface area (Å²) in [5, 5.41) is 0. The van der Waals surface area contributed by atoms with Crippen molar-refractivity contribution in [2.75, 3.05) is 0 Å². The Balaban J connectivity index is 1.61. The first-order chi connectivity index (χ1) is 19.9. The third-order valence-corrected chi connectivity index (χ3v) is 14.7. The Morgan fingerprint density at radius 2 is 0.659 bits per heavy atom. The summed E-state index contributed by atoms with van der Waals surface area (Å²) in [4.78, 5) is 0. The van der Waals surface area contributed by atoms with Gasteiger partial charge in [-0.1, -0.05) is 0 Å². The molecule has 3 nitrogen and oxygen atoms in total. The second kappa shape index (κ2) is 13.8. The van der Waals surface area contributed by atoms with Crippen LogP contribution in [0.1, 0.15) is 0 Å². The van der Waals surface area contributed by atoms with Gasteiger partial charge >= 0.3 is 251 Å². The maximum absolute atomic E-state index is 14.8. The molecule has 11 heteroatoms. The van der Waals surface area contributed by atoms with Crippen LogP contribution in [0.25, 0.3) is 0 Å². The molecule has 0 N–H and O–H groups in total. The molecule has 0 bridgehead atoms. The molecule has 5 rings (SSSR count). The van der Waals surface area contributed by atoms with E-state index in [9.17, 15) is 22.0 Å². The molecule has 5 aromatic rings. The normalized spacial score (nSPS) is 11.6. The summed E-state index contributed by atoms with van der Waals surface area (Å²) in [6.45, 7) is 0. The molecule has 0 fully saturated rings. The van der Waals surface area contributed by atoms with Gasteiger partial charge in [-0.15, -0.1) is 0 Å². The zero-order valence-corrected chi connectivity index (χ0v) is 25.3. The molecule has 0 radical (unpaired) electrons. The fourth-order valence-corrected chi connectivity index (χ4v) is 12.1. The summed E-state index contributed by atoms with van der Waals surface area (Å²) in [5.41, 5.74) is 0. The van der Waals surface area contributed by atoms with Gasteiger partial charge in [0.05, 0.1) is 0 Å². The van der Waals surface area contributed by atoms with Crippen LogP contribution in [0.4, 0.5) is 22.0 Å². The van der Waals surface area contributed by atoms with Crippen LogP contribution >= 0.6 is 40.5 Å². The van der Waals surface area contributed by atoms with Gasteiger partial charge in [0.15, 0.2) is 0 Å². The van der Waals surface area contributed by atoms with E-state index in [0.29, 0.717) is 0 Å².